The summed E-state index contributed by atoms with van der Waals surface area (Å²) in [6.07, 6.45) is 0.0170. The zero-order valence-corrected chi connectivity index (χ0v) is 15.3. The second-order valence-corrected chi connectivity index (χ2v) is 6.83. The molecule has 1 heterocycles. The van der Waals surface area contributed by atoms with Gasteiger partial charge in [-0.3, -0.25) is 9.59 Å². The van der Waals surface area contributed by atoms with Crippen LogP contribution in [0, 0.1) is 6.92 Å². The molecule has 0 aromatic heterocycles. The number of hydrogen-bond donors (Lipinski definition) is 2. The fourth-order valence-corrected chi connectivity index (χ4v) is 3.54. The Labute approximate surface area is 150 Å². The largest absolute Gasteiger partial charge is 0.495 e. The van der Waals surface area contributed by atoms with Crippen LogP contribution in [0.25, 0.3) is 0 Å². The summed E-state index contributed by atoms with van der Waals surface area (Å²) in [5.74, 6) is -0.124. The van der Waals surface area contributed by atoms with Gasteiger partial charge in [0, 0.05) is 12.2 Å². The Morgan fingerprint density at radius 1 is 1.40 bits per heavy atom. The zero-order valence-electron chi connectivity index (χ0n) is 14.5. The highest BCUT2D eigenvalue weighted by Crippen LogP contribution is 2.27. The van der Waals surface area contributed by atoms with Gasteiger partial charge in [-0.15, -0.1) is 11.8 Å². The van der Waals surface area contributed by atoms with E-state index in [1.54, 1.807) is 13.0 Å². The molecular formula is C17H22N2O5S. The number of methoxy groups -OCH3 is 1. The summed E-state index contributed by atoms with van der Waals surface area (Å²) in [7, 11) is 1.53. The second kappa shape index (κ2) is 8.75. The minimum atomic E-state index is -0.659. The van der Waals surface area contributed by atoms with Crippen LogP contribution in [-0.2, 0) is 19.1 Å². The molecule has 7 nitrogen and oxygen atoms in total. The third kappa shape index (κ3) is 5.12. The van der Waals surface area contributed by atoms with E-state index >= 15 is 0 Å². The van der Waals surface area contributed by atoms with Crippen molar-refractivity contribution in [3.8, 4) is 5.75 Å². The molecule has 0 unspecified atom stereocenters. The fourth-order valence-electron chi connectivity index (χ4n) is 2.40. The van der Waals surface area contributed by atoms with Crippen molar-refractivity contribution in [2.75, 3.05) is 24.8 Å². The van der Waals surface area contributed by atoms with Crippen LogP contribution >= 0.6 is 11.8 Å². The van der Waals surface area contributed by atoms with Gasteiger partial charge in [0.05, 0.1) is 24.7 Å². The molecule has 1 saturated heterocycles. The minimum absolute atomic E-state index is 0.0170. The van der Waals surface area contributed by atoms with E-state index in [4.69, 9.17) is 9.47 Å². The smallest absolute Gasteiger partial charge is 0.329 e. The van der Waals surface area contributed by atoms with Crippen LogP contribution < -0.4 is 15.4 Å². The van der Waals surface area contributed by atoms with Gasteiger partial charge in [0.1, 0.15) is 11.8 Å². The van der Waals surface area contributed by atoms with Crippen LogP contribution in [-0.4, -0.2) is 48.5 Å². The molecular weight excluding hydrogens is 344 g/mol. The van der Waals surface area contributed by atoms with Crippen LogP contribution in [0.15, 0.2) is 18.2 Å². The summed E-state index contributed by atoms with van der Waals surface area (Å²) >= 11 is 1.28. The monoisotopic (exact) mass is 366 g/mol. The van der Waals surface area contributed by atoms with Crippen LogP contribution in [0.1, 0.15) is 18.9 Å². The van der Waals surface area contributed by atoms with E-state index in [2.05, 4.69) is 10.6 Å². The summed E-state index contributed by atoms with van der Waals surface area (Å²) in [4.78, 5) is 36.1. The first kappa shape index (κ1) is 19.1. The number of ether oxygens (including phenoxy) is 2. The van der Waals surface area contributed by atoms with Crippen LogP contribution in [0.2, 0.25) is 0 Å². The van der Waals surface area contributed by atoms with Gasteiger partial charge in [0.2, 0.25) is 11.8 Å². The van der Waals surface area contributed by atoms with Crippen molar-refractivity contribution in [3.63, 3.8) is 0 Å². The van der Waals surface area contributed by atoms with E-state index in [1.165, 1.54) is 18.9 Å². The number of thioether (sulfide) groups is 1. The number of carbonyl (C=O) groups is 3. The van der Waals surface area contributed by atoms with Gasteiger partial charge in [-0.25, -0.2) is 4.79 Å². The van der Waals surface area contributed by atoms with E-state index in [0.717, 1.165) is 5.56 Å². The van der Waals surface area contributed by atoms with Crippen molar-refractivity contribution < 1.29 is 23.9 Å². The van der Waals surface area contributed by atoms with Gasteiger partial charge in [-0.1, -0.05) is 6.07 Å². The molecule has 2 rings (SSSR count). The van der Waals surface area contributed by atoms with Gasteiger partial charge in [0.25, 0.3) is 0 Å². The van der Waals surface area contributed by atoms with Crippen LogP contribution in [0.4, 0.5) is 5.69 Å². The van der Waals surface area contributed by atoms with Gasteiger partial charge in [-0.05, 0) is 31.5 Å². The van der Waals surface area contributed by atoms with Crippen molar-refractivity contribution in [1.29, 1.82) is 0 Å². The first-order valence-corrected chi connectivity index (χ1v) is 9.02. The van der Waals surface area contributed by atoms with E-state index < -0.39 is 17.3 Å². The maximum absolute atomic E-state index is 12.3. The lowest BCUT2D eigenvalue weighted by molar-refractivity contribution is -0.146. The standard InChI is InChI=1S/C17H22N2O5S/c1-4-24-17(22)12-9-25-14(16(21)19-12)8-15(20)18-11-7-10(2)5-6-13(11)23-3/h5-7,12,14H,4,8-9H2,1-3H3,(H,18,20)(H,19,21)/t12-,14+/m1/s1. The molecule has 0 radical (unpaired) electrons. The Morgan fingerprint density at radius 3 is 2.80 bits per heavy atom. The Bertz CT molecular complexity index is 664. The summed E-state index contributed by atoms with van der Waals surface area (Å²) < 4.78 is 10.1. The molecule has 2 N–H and O–H groups in total. The number of esters is 1. The summed E-state index contributed by atoms with van der Waals surface area (Å²) in [6.45, 7) is 3.89. The number of aryl methyl sites for hydroxylation is 1. The van der Waals surface area contributed by atoms with Crippen molar-refractivity contribution in [2.24, 2.45) is 0 Å². The molecule has 1 aliphatic heterocycles. The predicted molar refractivity (Wildman–Crippen MR) is 95.8 cm³/mol. The summed E-state index contributed by atoms with van der Waals surface area (Å²) in [5.41, 5.74) is 1.55. The van der Waals surface area contributed by atoms with Crippen LogP contribution in [0.5, 0.6) is 5.75 Å². The number of rotatable bonds is 6. The lowest BCUT2D eigenvalue weighted by atomic mass is 10.2. The number of amides is 2. The normalized spacial score (nSPS) is 19.7. The molecule has 1 aromatic rings. The molecule has 1 fully saturated rings. The average molecular weight is 366 g/mol. The summed E-state index contributed by atoms with van der Waals surface area (Å²) in [6, 6.07) is 4.81. The highest BCUT2D eigenvalue weighted by molar-refractivity contribution is 8.00. The molecule has 1 aromatic carbocycles. The molecule has 2 atom stereocenters. The molecule has 25 heavy (non-hydrogen) atoms. The highest BCUT2D eigenvalue weighted by atomic mass is 32.2. The fraction of sp³-hybridized carbons (Fsp3) is 0.471. The lowest BCUT2D eigenvalue weighted by Crippen LogP contribution is -2.51. The number of benzene rings is 1. The zero-order chi connectivity index (χ0) is 18.4. The van der Waals surface area contributed by atoms with Crippen molar-refractivity contribution in [2.45, 2.75) is 31.6 Å². The minimum Gasteiger partial charge on any atom is -0.495 e. The highest BCUT2D eigenvalue weighted by Gasteiger charge is 2.34. The number of hydrogen-bond acceptors (Lipinski definition) is 6. The molecule has 0 saturated carbocycles. The Hall–Kier alpha value is -2.22. The third-order valence-electron chi connectivity index (χ3n) is 3.64. The van der Waals surface area contributed by atoms with Crippen molar-refractivity contribution in [1.82, 2.24) is 5.32 Å². The average Bonchev–Trinajstić information content (AvgIpc) is 2.57. The Morgan fingerprint density at radius 2 is 2.16 bits per heavy atom. The van der Waals surface area contributed by atoms with Crippen molar-refractivity contribution in [3.05, 3.63) is 23.8 Å². The topological polar surface area (TPSA) is 93.7 Å². The number of anilines is 1. The first-order chi connectivity index (χ1) is 11.9. The van der Waals surface area contributed by atoms with E-state index in [1.807, 2.05) is 19.1 Å². The molecule has 0 aliphatic carbocycles. The molecule has 0 bridgehead atoms. The first-order valence-electron chi connectivity index (χ1n) is 7.97. The quantitative estimate of drug-likeness (QED) is 0.741. The number of carbonyl (C=O) groups excluding carboxylic acids is 3. The SMILES string of the molecule is CCOC(=O)[C@H]1CS[C@@H](CC(=O)Nc2cc(C)ccc2OC)C(=O)N1. The second-order valence-electron chi connectivity index (χ2n) is 5.59. The molecule has 8 heteroatoms. The van der Waals surface area contributed by atoms with Gasteiger partial charge < -0.3 is 20.1 Å². The Balaban J connectivity index is 1.92. The van der Waals surface area contributed by atoms with E-state index in [9.17, 15) is 14.4 Å². The third-order valence-corrected chi connectivity index (χ3v) is 4.95. The lowest BCUT2D eigenvalue weighted by Gasteiger charge is -2.27. The molecule has 2 amide bonds. The van der Waals surface area contributed by atoms with Gasteiger partial charge in [-0.2, -0.15) is 0 Å². The maximum atomic E-state index is 12.3. The molecule has 1 aliphatic rings. The van der Waals surface area contributed by atoms with Crippen molar-refractivity contribution >= 4 is 35.2 Å². The van der Waals surface area contributed by atoms with E-state index in [0.29, 0.717) is 17.2 Å². The Kier molecular flexibility index (Phi) is 6.69. The van der Waals surface area contributed by atoms with Crippen LogP contribution in [0.3, 0.4) is 0 Å². The molecule has 0 spiro atoms. The van der Waals surface area contributed by atoms with E-state index in [-0.39, 0.29) is 24.8 Å². The summed E-state index contributed by atoms with van der Waals surface area (Å²) in [5, 5.41) is 4.85. The predicted octanol–water partition coefficient (Wildman–Crippen LogP) is 1.50. The number of nitrogens with one attached hydrogen (secondary N) is 2. The molecule has 136 valence electrons. The maximum Gasteiger partial charge on any atom is 0.329 e. The van der Waals surface area contributed by atoms with Gasteiger partial charge in [0.15, 0.2) is 0 Å². The van der Waals surface area contributed by atoms with Gasteiger partial charge >= 0.3 is 5.97 Å².